The minimum Gasteiger partial charge on any atom is -0.179 e. The van der Waals surface area contributed by atoms with Crippen molar-refractivity contribution in [2.24, 2.45) is 0 Å². The molecule has 2 atom stereocenters. The molecular weight excluding hydrogens is 1760 g/mol. The third-order valence-corrected chi connectivity index (χ3v) is 24.4. The van der Waals surface area contributed by atoms with Crippen LogP contribution in [0, 0.1) is 0 Å². The SMILES string of the molecule is CCC=CCC.CCC=CCC.CCCCCC.CCCCCC.CCCCCC.CCCCCC.CCCCCC.CCCCCCC.CCCCCS.CCCCCS.CCCCCS.CCCCCS.CCCCCS.CCCCCSC(CC)CCC.CCCCCSC(CC)CCC.CCCCCSSCCCCC.[HH].[HH].[HH].[HH].[HH].[HH].[Pt]. The number of hydrogen-bond donors (Lipinski definition) is 5. The molecule has 0 aromatic heterocycles. The number of rotatable bonds is 63. The van der Waals surface area contributed by atoms with Crippen LogP contribution in [0.4, 0.5) is 0 Å². The Morgan fingerprint density at radius 3 is 0.440 bits per heavy atom. The fourth-order valence-corrected chi connectivity index (χ4v) is 15.3. The molecule has 0 N–H and O–H groups in total. The molecule has 0 rings (SSSR count). The average molecular weight is 2010 g/mol. The van der Waals surface area contributed by atoms with E-state index in [1.54, 1.807) is 0 Å². The normalized spacial score (nSPS) is 10.1. The van der Waals surface area contributed by atoms with Crippen molar-refractivity contribution < 1.29 is 29.6 Å². The van der Waals surface area contributed by atoms with E-state index < -0.39 is 0 Å². The van der Waals surface area contributed by atoms with Crippen molar-refractivity contribution in [1.82, 2.24) is 0 Å². The molecule has 0 aliphatic heterocycles. The molecule has 0 aromatic rings. The first-order valence-corrected chi connectivity index (χ1v) is 59.6. The van der Waals surface area contributed by atoms with Gasteiger partial charge in [-0.2, -0.15) is 86.7 Å². The fraction of sp³-hybridized carbons (Fsp3) is 0.962. The minimum absolute atomic E-state index is 0. The maximum absolute atomic E-state index is 4.05. The van der Waals surface area contributed by atoms with Crippen LogP contribution in [-0.2, 0) is 21.1 Å². The smallest absolute Gasteiger partial charge is 0.00443 e. The van der Waals surface area contributed by atoms with Crippen molar-refractivity contribution in [3.63, 3.8) is 0 Å². The molecule has 0 radical (unpaired) electrons. The van der Waals surface area contributed by atoms with Crippen LogP contribution in [0.25, 0.3) is 0 Å². The van der Waals surface area contributed by atoms with E-state index in [1.807, 2.05) is 0 Å². The molecule has 0 aromatic carbocycles. The summed E-state index contributed by atoms with van der Waals surface area (Å²) in [6, 6.07) is 0. The van der Waals surface area contributed by atoms with E-state index in [1.165, 1.54) is 421 Å². The summed E-state index contributed by atoms with van der Waals surface area (Å²) < 4.78 is 0. The van der Waals surface area contributed by atoms with Gasteiger partial charge in [-0.1, -0.05) is 536 Å². The fourth-order valence-electron chi connectivity index (χ4n) is 9.25. The van der Waals surface area contributed by atoms with Gasteiger partial charge in [0.2, 0.25) is 0 Å². The second kappa shape index (κ2) is 209. The van der Waals surface area contributed by atoms with Crippen molar-refractivity contribution >= 4 is 108 Å². The average Bonchev–Trinajstić information content (AvgIpc) is 1.04. The van der Waals surface area contributed by atoms with E-state index in [4.69, 9.17) is 0 Å². The molecule has 0 spiro atoms. The first-order valence-electron chi connectivity index (χ1n) is 51.8. The van der Waals surface area contributed by atoms with Gasteiger partial charge < -0.3 is 0 Å². The summed E-state index contributed by atoms with van der Waals surface area (Å²) in [5, 5.41) is 1.87. The predicted molar refractivity (Wildman–Crippen MR) is 608 cm³/mol. The Morgan fingerprint density at radius 2 is 0.319 bits per heavy atom. The molecule has 10 heteroatoms. The van der Waals surface area contributed by atoms with Crippen molar-refractivity contribution in [2.75, 3.05) is 51.8 Å². The number of allylic oxidation sites excluding steroid dienone is 4. The van der Waals surface area contributed by atoms with Gasteiger partial charge in [0, 0.05) is 51.6 Å². The zero-order valence-electron chi connectivity index (χ0n) is 86.9. The van der Waals surface area contributed by atoms with Gasteiger partial charge in [-0.15, -0.1) is 0 Å². The summed E-state index contributed by atoms with van der Waals surface area (Å²) in [6.45, 7) is 64.6. The zero-order valence-corrected chi connectivity index (χ0v) is 96.9. The maximum Gasteiger partial charge on any atom is 0.00443 e. The molecule has 2 unspecified atom stereocenters. The van der Waals surface area contributed by atoms with Crippen LogP contribution in [0.5, 0.6) is 0 Å². The van der Waals surface area contributed by atoms with Gasteiger partial charge in [0.25, 0.3) is 0 Å². The molecule has 116 heavy (non-hydrogen) atoms. The van der Waals surface area contributed by atoms with Crippen molar-refractivity contribution in [3.8, 4) is 0 Å². The molecule has 0 aliphatic carbocycles. The van der Waals surface area contributed by atoms with Gasteiger partial charge in [-0.05, 0) is 149 Å². The number of thioether (sulfide) groups is 2. The van der Waals surface area contributed by atoms with Crippen molar-refractivity contribution in [3.05, 3.63) is 24.3 Å². The van der Waals surface area contributed by atoms with Crippen LogP contribution < -0.4 is 0 Å². The first kappa shape index (κ1) is 160. The maximum atomic E-state index is 4.05. The molecule has 0 aliphatic rings. The Kier molecular flexibility index (Phi) is 287. The standard InChI is InChI=1S/2C11H24S.C10H22S2.C7H16.5C6H14.2C6H12.5C5H12S.Pt.6H2/c2*1-4-7-8-10-12-11(6-3)9-5-2;1-3-5-7-9-11-12-10-8-6-4-2;1-3-5-7-6-4-2;7*1-3-5-6-4-2;5*1-2-3-4-5-6;;;;;;;/h2*11H,4-10H2,1-3H3;3-10H2,1-2H3;3-7H2,1-2H3;5*3-6H2,1-2H3;2*5-6H,3-4H2,1-2H3;5*6H,2-5H2,1H3;;6*1H. The molecule has 0 bridgehead atoms. The molecule has 0 nitrogen and oxygen atoms in total. The van der Waals surface area contributed by atoms with Crippen LogP contribution in [0.2, 0.25) is 0 Å². The van der Waals surface area contributed by atoms with Gasteiger partial charge in [-0.25, -0.2) is 0 Å². The summed E-state index contributed by atoms with van der Waals surface area (Å²) in [6.07, 6.45) is 92.6. The van der Waals surface area contributed by atoms with E-state index in [0.29, 0.717) is 0 Å². The minimum atomic E-state index is 0. The third kappa shape index (κ3) is 287. The number of thiol groups is 5. The Balaban J connectivity index is -0.0000000410. The molecule has 0 heterocycles. The first-order chi connectivity index (χ1) is 56.0. The molecule has 0 amide bonds. The summed E-state index contributed by atoms with van der Waals surface area (Å²) in [4.78, 5) is 0. The van der Waals surface area contributed by atoms with E-state index >= 15 is 0 Å². The topological polar surface area (TPSA) is 0 Å². The summed E-state index contributed by atoms with van der Waals surface area (Å²) in [5.74, 6) is 10.7. The Morgan fingerprint density at radius 1 is 0.181 bits per heavy atom. The van der Waals surface area contributed by atoms with Crippen LogP contribution in [-0.4, -0.2) is 62.3 Å². The van der Waals surface area contributed by atoms with Crippen molar-refractivity contribution in [2.45, 2.75) is 609 Å². The van der Waals surface area contributed by atoms with Crippen LogP contribution >= 0.6 is 108 Å². The Bertz CT molecular complexity index is 1030. The molecule has 0 saturated carbocycles. The summed E-state index contributed by atoms with van der Waals surface area (Å²) >= 11 is 24.6. The summed E-state index contributed by atoms with van der Waals surface area (Å²) in [5.41, 5.74) is 0. The Hall–Kier alpha value is 3.32. The molecular formula is C106H252PtS9. The van der Waals surface area contributed by atoms with Gasteiger partial charge >= 0.3 is 0 Å². The van der Waals surface area contributed by atoms with E-state index in [0.717, 1.165) is 39.3 Å². The van der Waals surface area contributed by atoms with Gasteiger partial charge in [0.05, 0.1) is 0 Å². The Labute approximate surface area is 816 Å². The van der Waals surface area contributed by atoms with Gasteiger partial charge in [-0.3, -0.25) is 0 Å². The van der Waals surface area contributed by atoms with Gasteiger partial charge in [0.1, 0.15) is 0 Å². The summed E-state index contributed by atoms with van der Waals surface area (Å²) in [7, 11) is 4.12. The van der Waals surface area contributed by atoms with E-state index in [-0.39, 0.29) is 29.6 Å². The van der Waals surface area contributed by atoms with Crippen LogP contribution in [0.15, 0.2) is 24.3 Å². The van der Waals surface area contributed by atoms with E-state index in [2.05, 4.69) is 333 Å². The van der Waals surface area contributed by atoms with Gasteiger partial charge in [0.15, 0.2) is 0 Å². The van der Waals surface area contributed by atoms with E-state index in [9.17, 15) is 0 Å². The molecule has 0 saturated heterocycles. The quantitative estimate of drug-likeness (QED) is 0.0178. The number of unbranched alkanes of at least 4 members (excludes halogenated alkanes) is 37. The zero-order chi connectivity index (χ0) is 91.0. The second-order valence-electron chi connectivity index (χ2n) is 30.2. The van der Waals surface area contributed by atoms with Crippen molar-refractivity contribution in [1.29, 1.82) is 0 Å². The third-order valence-electron chi connectivity index (χ3n) is 17.2. The molecule has 740 valence electrons. The number of hydrogen-bond acceptors (Lipinski definition) is 9. The monoisotopic (exact) mass is 2010 g/mol. The predicted octanol–water partition coefficient (Wildman–Crippen LogP) is 46.4. The van der Waals surface area contributed by atoms with Crippen LogP contribution in [0.3, 0.4) is 0 Å². The second-order valence-corrected chi connectivity index (χ2v) is 37.9. The molecule has 0 fully saturated rings. The largest absolute Gasteiger partial charge is 0.179 e. The van der Waals surface area contributed by atoms with Crippen LogP contribution in [0.1, 0.15) is 607 Å².